The highest BCUT2D eigenvalue weighted by atomic mass is 35.5. The van der Waals surface area contributed by atoms with Gasteiger partial charge in [-0.05, 0) is 37.0 Å². The fourth-order valence-electron chi connectivity index (χ4n) is 3.27. The van der Waals surface area contributed by atoms with Crippen molar-refractivity contribution in [3.63, 3.8) is 0 Å². The second-order valence-electron chi connectivity index (χ2n) is 6.10. The molecule has 1 aromatic rings. The lowest BCUT2D eigenvalue weighted by Gasteiger charge is -2.28. The molecule has 3 nitrogen and oxygen atoms in total. The standard InChI is InChI=1S/C18H20ClNO2/c19-15-6-3-13(4-7-15)11-14-5-8-16(21)12-17(14)18(22)20-9-1-2-10-20/h3-4,6-7,11,17H,1-2,5,8-10,12H2/b14-11+/t17-/m0/s1. The van der Waals surface area contributed by atoms with Gasteiger partial charge in [-0.3, -0.25) is 9.59 Å². The molecule has 0 bridgehead atoms. The Balaban J connectivity index is 1.84. The van der Waals surface area contributed by atoms with E-state index in [0.29, 0.717) is 24.3 Å². The van der Waals surface area contributed by atoms with E-state index in [4.69, 9.17) is 11.6 Å². The van der Waals surface area contributed by atoms with Crippen LogP contribution in [0.25, 0.3) is 6.08 Å². The van der Waals surface area contributed by atoms with Crippen LogP contribution in [0.15, 0.2) is 29.8 Å². The molecule has 1 aliphatic heterocycles. The van der Waals surface area contributed by atoms with Gasteiger partial charge in [0.1, 0.15) is 5.78 Å². The molecule has 1 saturated heterocycles. The summed E-state index contributed by atoms with van der Waals surface area (Å²) in [5.74, 6) is 0.0617. The summed E-state index contributed by atoms with van der Waals surface area (Å²) >= 11 is 5.91. The zero-order valence-corrected chi connectivity index (χ0v) is 13.3. The van der Waals surface area contributed by atoms with E-state index in [1.165, 1.54) is 0 Å². The molecule has 116 valence electrons. The molecule has 0 radical (unpaired) electrons. The van der Waals surface area contributed by atoms with E-state index in [2.05, 4.69) is 6.08 Å². The van der Waals surface area contributed by atoms with Gasteiger partial charge in [0.15, 0.2) is 0 Å². The van der Waals surface area contributed by atoms with Crippen LogP contribution in [-0.4, -0.2) is 29.7 Å². The molecule has 1 aliphatic carbocycles. The Bertz CT molecular complexity index is 600. The molecule has 1 amide bonds. The fourth-order valence-corrected chi connectivity index (χ4v) is 3.39. The molecule has 4 heteroatoms. The van der Waals surface area contributed by atoms with Gasteiger partial charge in [-0.15, -0.1) is 0 Å². The van der Waals surface area contributed by atoms with Crippen molar-refractivity contribution < 1.29 is 9.59 Å². The number of halogens is 1. The summed E-state index contributed by atoms with van der Waals surface area (Å²) in [5, 5.41) is 0.700. The Kier molecular flexibility index (Phi) is 4.63. The molecule has 1 aromatic carbocycles. The minimum Gasteiger partial charge on any atom is -0.342 e. The van der Waals surface area contributed by atoms with Gasteiger partial charge in [0.05, 0.1) is 5.92 Å². The van der Waals surface area contributed by atoms with E-state index >= 15 is 0 Å². The first-order valence-electron chi connectivity index (χ1n) is 7.90. The summed E-state index contributed by atoms with van der Waals surface area (Å²) in [6, 6.07) is 7.59. The molecule has 0 spiro atoms. The number of rotatable bonds is 2. The molecule has 0 unspecified atom stereocenters. The number of hydrogen-bond donors (Lipinski definition) is 0. The van der Waals surface area contributed by atoms with Crippen molar-refractivity contribution in [1.29, 1.82) is 0 Å². The van der Waals surface area contributed by atoms with E-state index in [0.717, 1.165) is 37.1 Å². The molecule has 0 aromatic heterocycles. The lowest BCUT2D eigenvalue weighted by atomic mass is 9.81. The van der Waals surface area contributed by atoms with Crippen LogP contribution in [0, 0.1) is 5.92 Å². The minimum atomic E-state index is -0.268. The van der Waals surface area contributed by atoms with Crippen molar-refractivity contribution in [3.05, 3.63) is 40.4 Å². The average molecular weight is 318 g/mol. The molecule has 1 heterocycles. The van der Waals surface area contributed by atoms with Crippen molar-refractivity contribution in [2.45, 2.75) is 32.1 Å². The number of ketones is 1. The number of carbonyl (C=O) groups excluding carboxylic acids is 2. The predicted octanol–water partition coefficient (Wildman–Crippen LogP) is 3.72. The lowest BCUT2D eigenvalue weighted by Crippen LogP contribution is -2.37. The van der Waals surface area contributed by atoms with Crippen molar-refractivity contribution in [2.24, 2.45) is 5.92 Å². The molecule has 1 saturated carbocycles. The van der Waals surface area contributed by atoms with Gasteiger partial charge in [-0.25, -0.2) is 0 Å². The third kappa shape index (κ3) is 3.41. The lowest BCUT2D eigenvalue weighted by molar-refractivity contribution is -0.136. The highest BCUT2D eigenvalue weighted by Gasteiger charge is 2.33. The van der Waals surface area contributed by atoms with Crippen LogP contribution < -0.4 is 0 Å². The maximum absolute atomic E-state index is 12.7. The molecule has 0 N–H and O–H groups in total. The van der Waals surface area contributed by atoms with Gasteiger partial charge in [-0.2, -0.15) is 0 Å². The number of nitrogens with zero attached hydrogens (tertiary/aromatic N) is 1. The smallest absolute Gasteiger partial charge is 0.230 e. The second-order valence-corrected chi connectivity index (χ2v) is 6.54. The van der Waals surface area contributed by atoms with Gasteiger partial charge in [0.2, 0.25) is 5.91 Å². The van der Waals surface area contributed by atoms with Crippen molar-refractivity contribution in [2.75, 3.05) is 13.1 Å². The van der Waals surface area contributed by atoms with E-state index in [-0.39, 0.29) is 17.6 Å². The van der Waals surface area contributed by atoms with Gasteiger partial charge in [0, 0.05) is 31.0 Å². The Morgan fingerprint density at radius 3 is 2.50 bits per heavy atom. The summed E-state index contributed by atoms with van der Waals surface area (Å²) in [5.41, 5.74) is 2.12. The normalized spacial score (nSPS) is 24.0. The quantitative estimate of drug-likeness (QED) is 0.833. The second kappa shape index (κ2) is 6.66. The van der Waals surface area contributed by atoms with Crippen LogP contribution in [-0.2, 0) is 9.59 Å². The van der Waals surface area contributed by atoms with Crippen LogP contribution in [0.4, 0.5) is 0 Å². The number of benzene rings is 1. The summed E-state index contributed by atoms with van der Waals surface area (Å²) in [7, 11) is 0. The van der Waals surface area contributed by atoms with Gasteiger partial charge in [-0.1, -0.05) is 35.4 Å². The Hall–Kier alpha value is -1.61. The molecule has 2 fully saturated rings. The van der Waals surface area contributed by atoms with Crippen LogP contribution in [0.3, 0.4) is 0 Å². The number of likely N-dealkylation sites (tertiary alicyclic amines) is 1. The maximum Gasteiger partial charge on any atom is 0.230 e. The van der Waals surface area contributed by atoms with Crippen molar-refractivity contribution in [1.82, 2.24) is 4.90 Å². The third-order valence-electron chi connectivity index (χ3n) is 4.51. The van der Waals surface area contributed by atoms with Gasteiger partial charge < -0.3 is 4.90 Å². The first-order chi connectivity index (χ1) is 10.6. The van der Waals surface area contributed by atoms with E-state index in [9.17, 15) is 9.59 Å². The highest BCUT2D eigenvalue weighted by molar-refractivity contribution is 6.30. The fraction of sp³-hybridized carbons (Fsp3) is 0.444. The molecule has 22 heavy (non-hydrogen) atoms. The van der Waals surface area contributed by atoms with E-state index in [1.54, 1.807) is 0 Å². The molecule has 2 aliphatic rings. The highest BCUT2D eigenvalue weighted by Crippen LogP contribution is 2.32. The minimum absolute atomic E-state index is 0.130. The zero-order chi connectivity index (χ0) is 15.5. The van der Waals surface area contributed by atoms with Gasteiger partial charge >= 0.3 is 0 Å². The third-order valence-corrected chi connectivity index (χ3v) is 4.76. The number of Topliss-reactive ketones (excluding diaryl/α,β-unsaturated/α-hetero) is 1. The average Bonchev–Trinajstić information content (AvgIpc) is 3.05. The van der Waals surface area contributed by atoms with E-state index in [1.807, 2.05) is 29.2 Å². The first-order valence-corrected chi connectivity index (χ1v) is 8.28. The monoisotopic (exact) mass is 317 g/mol. The maximum atomic E-state index is 12.7. The number of amides is 1. The summed E-state index contributed by atoms with van der Waals surface area (Å²) in [6.07, 6.45) is 5.79. The number of carbonyl (C=O) groups is 2. The topological polar surface area (TPSA) is 37.4 Å². The van der Waals surface area contributed by atoms with Crippen LogP contribution in [0.1, 0.15) is 37.7 Å². The van der Waals surface area contributed by atoms with Crippen LogP contribution in [0.5, 0.6) is 0 Å². The summed E-state index contributed by atoms with van der Waals surface area (Å²) in [6.45, 7) is 1.66. The Labute approximate surface area is 135 Å². The zero-order valence-electron chi connectivity index (χ0n) is 12.6. The van der Waals surface area contributed by atoms with Gasteiger partial charge in [0.25, 0.3) is 0 Å². The summed E-state index contributed by atoms with van der Waals surface area (Å²) < 4.78 is 0. The Morgan fingerprint density at radius 1 is 1.14 bits per heavy atom. The van der Waals surface area contributed by atoms with Crippen LogP contribution >= 0.6 is 11.6 Å². The van der Waals surface area contributed by atoms with Crippen molar-refractivity contribution >= 4 is 29.4 Å². The molecular weight excluding hydrogens is 298 g/mol. The van der Waals surface area contributed by atoms with Crippen molar-refractivity contribution in [3.8, 4) is 0 Å². The largest absolute Gasteiger partial charge is 0.342 e. The van der Waals surface area contributed by atoms with Crippen LogP contribution in [0.2, 0.25) is 5.02 Å². The molecule has 1 atom stereocenters. The number of hydrogen-bond acceptors (Lipinski definition) is 2. The first kappa shape index (κ1) is 15.3. The SMILES string of the molecule is O=C1CC/C(=C\c2ccc(Cl)cc2)[C@@H](C(=O)N2CCCC2)C1. The molecule has 3 rings (SSSR count). The predicted molar refractivity (Wildman–Crippen MR) is 87.6 cm³/mol. The molecular formula is C18H20ClNO2. The van der Waals surface area contributed by atoms with E-state index < -0.39 is 0 Å². The Morgan fingerprint density at radius 2 is 1.82 bits per heavy atom. The summed E-state index contributed by atoms with van der Waals surface area (Å²) in [4.78, 5) is 26.4.